The number of anilines is 6. The lowest BCUT2D eigenvalue weighted by atomic mass is 9.76. The van der Waals surface area contributed by atoms with Gasteiger partial charge in [-0.05, 0) is 187 Å². The van der Waals surface area contributed by atoms with Gasteiger partial charge in [-0.3, -0.25) is 0 Å². The van der Waals surface area contributed by atoms with Gasteiger partial charge in [0, 0.05) is 45.0 Å². The first-order valence-corrected chi connectivity index (χ1v) is 22.9. The fraction of sp³-hybridized carbons (Fsp3) is 0.161. The Bertz CT molecular complexity index is 3240. The van der Waals surface area contributed by atoms with Crippen molar-refractivity contribution in [2.24, 2.45) is 0 Å². The van der Waals surface area contributed by atoms with Crippen LogP contribution < -0.4 is 9.80 Å². The Hall–Kier alpha value is -7.16. The van der Waals surface area contributed by atoms with E-state index < -0.39 is 0 Å². The Labute approximate surface area is 377 Å². The third-order valence-corrected chi connectivity index (χ3v) is 15.0. The quantitative estimate of drug-likeness (QED) is 0.154. The van der Waals surface area contributed by atoms with Crippen molar-refractivity contribution < 1.29 is 0 Å². The minimum absolute atomic E-state index is 0.222. The van der Waals surface area contributed by atoms with Crippen molar-refractivity contribution in [3.63, 3.8) is 0 Å². The van der Waals surface area contributed by atoms with E-state index in [2.05, 4.69) is 235 Å². The predicted octanol–water partition coefficient (Wildman–Crippen LogP) is 17.4. The van der Waals surface area contributed by atoms with Gasteiger partial charge < -0.3 is 9.80 Å². The maximum absolute atomic E-state index is 2.50. The molecule has 2 heteroatoms. The monoisotopic (exact) mass is 824 g/mol. The number of benzene rings is 10. The SMILES string of the molecule is Cc1ccccc1N(c1ccc2c(c1)C(C)(C)c1c-2cc2ccc3cc4c(c5ccc1c2c35)C(C)(C)c1cc(N(c2ccccc2C)c2ccccc2C)ccc1-4)c1ccccc1C. The van der Waals surface area contributed by atoms with Crippen molar-refractivity contribution in [2.45, 2.75) is 66.2 Å². The summed E-state index contributed by atoms with van der Waals surface area (Å²) in [6.45, 7) is 18.6. The predicted molar refractivity (Wildman–Crippen MR) is 274 cm³/mol. The first-order chi connectivity index (χ1) is 30.9. The average Bonchev–Trinajstić information content (AvgIpc) is 3.66. The largest absolute Gasteiger partial charge is 0.310 e. The molecule has 0 atom stereocenters. The molecule has 0 bridgehead atoms. The normalized spacial score (nSPS) is 14.2. The van der Waals surface area contributed by atoms with E-state index in [0.717, 1.165) is 0 Å². The highest BCUT2D eigenvalue weighted by Gasteiger charge is 2.41. The van der Waals surface area contributed by atoms with Gasteiger partial charge in [-0.15, -0.1) is 0 Å². The fourth-order valence-corrected chi connectivity index (χ4v) is 11.9. The maximum Gasteiger partial charge on any atom is 0.0490 e. The van der Waals surface area contributed by atoms with Gasteiger partial charge in [0.15, 0.2) is 0 Å². The van der Waals surface area contributed by atoms with E-state index in [0.29, 0.717) is 0 Å². The Morgan fingerprint density at radius 1 is 0.328 bits per heavy atom. The fourth-order valence-electron chi connectivity index (χ4n) is 11.9. The second-order valence-electron chi connectivity index (χ2n) is 19.5. The summed E-state index contributed by atoms with van der Waals surface area (Å²) in [5.41, 5.74) is 22.7. The van der Waals surface area contributed by atoms with E-state index >= 15 is 0 Å². The highest BCUT2D eigenvalue weighted by atomic mass is 15.2. The molecule has 0 aliphatic heterocycles. The van der Waals surface area contributed by atoms with Crippen LogP contribution in [0.2, 0.25) is 0 Å². The molecule has 0 N–H and O–H groups in total. The summed E-state index contributed by atoms with van der Waals surface area (Å²) >= 11 is 0. The molecule has 12 rings (SSSR count). The molecule has 0 saturated heterocycles. The minimum atomic E-state index is -0.222. The first-order valence-electron chi connectivity index (χ1n) is 22.9. The summed E-state index contributed by atoms with van der Waals surface area (Å²) in [4.78, 5) is 4.91. The Kier molecular flexibility index (Phi) is 8.23. The lowest BCUT2D eigenvalue weighted by Crippen LogP contribution is -2.18. The molecule has 2 nitrogen and oxygen atoms in total. The number of aryl methyl sites for hydroxylation is 4. The summed E-state index contributed by atoms with van der Waals surface area (Å²) in [5, 5.41) is 8.12. The van der Waals surface area contributed by atoms with E-state index in [1.54, 1.807) is 0 Å². The second-order valence-corrected chi connectivity index (χ2v) is 19.5. The lowest BCUT2D eigenvalue weighted by Gasteiger charge is -2.30. The molecule has 0 heterocycles. The zero-order valence-corrected chi connectivity index (χ0v) is 38.1. The van der Waals surface area contributed by atoms with Crippen LogP contribution in [0.15, 0.2) is 170 Å². The standard InChI is InChI=1S/C62H52N2/c1-37-17-9-13-21-53(37)63(54-22-14-10-18-38(54)2)43-27-29-45-49-33-41-25-26-42-34-50-46-30-28-44(64(55-23-15-11-19-39(55)3)56-24-16-12-20-40(56)4)36-52(46)62(7,8)60(50)48-32-31-47(57(41)58(42)48)59(49)61(5,6)51(45)35-43/h9-36H,1-8H3. The number of nitrogens with zero attached hydrogens (tertiary/aromatic N) is 2. The van der Waals surface area contributed by atoms with Gasteiger partial charge in [-0.25, -0.2) is 0 Å². The Balaban J connectivity index is 1.01. The van der Waals surface area contributed by atoms with Gasteiger partial charge in [0.2, 0.25) is 0 Å². The van der Waals surface area contributed by atoms with E-state index in [-0.39, 0.29) is 10.8 Å². The van der Waals surface area contributed by atoms with Gasteiger partial charge in [0.05, 0.1) is 0 Å². The molecular formula is C62H52N2. The molecule has 0 spiro atoms. The molecule has 2 aliphatic rings. The van der Waals surface area contributed by atoms with Crippen LogP contribution in [0.4, 0.5) is 34.1 Å². The Morgan fingerprint density at radius 2 is 0.656 bits per heavy atom. The summed E-state index contributed by atoms with van der Waals surface area (Å²) in [5.74, 6) is 0. The van der Waals surface area contributed by atoms with Gasteiger partial charge >= 0.3 is 0 Å². The molecule has 10 aromatic rings. The third kappa shape index (κ3) is 5.32. The number of fused-ring (bicyclic) bond motifs is 8. The van der Waals surface area contributed by atoms with Crippen molar-refractivity contribution in [2.75, 3.05) is 9.80 Å². The van der Waals surface area contributed by atoms with Crippen molar-refractivity contribution in [3.8, 4) is 22.3 Å². The minimum Gasteiger partial charge on any atom is -0.310 e. The van der Waals surface area contributed by atoms with Gasteiger partial charge in [0.1, 0.15) is 0 Å². The topological polar surface area (TPSA) is 6.48 Å². The molecule has 0 radical (unpaired) electrons. The zero-order chi connectivity index (χ0) is 43.8. The van der Waals surface area contributed by atoms with Crippen molar-refractivity contribution in [1.29, 1.82) is 0 Å². The highest BCUT2D eigenvalue weighted by Crippen LogP contribution is 2.58. The number of para-hydroxylation sites is 4. The first kappa shape index (κ1) is 38.5. The van der Waals surface area contributed by atoms with Gasteiger partial charge in [0.25, 0.3) is 0 Å². The van der Waals surface area contributed by atoms with E-state index in [1.165, 1.54) is 133 Å². The van der Waals surface area contributed by atoms with Crippen LogP contribution in [0.3, 0.4) is 0 Å². The second kappa shape index (κ2) is 13.7. The van der Waals surface area contributed by atoms with Crippen LogP contribution in [0.1, 0.15) is 72.2 Å². The van der Waals surface area contributed by atoms with Crippen LogP contribution in [0.5, 0.6) is 0 Å². The van der Waals surface area contributed by atoms with Crippen LogP contribution in [0, 0.1) is 27.7 Å². The van der Waals surface area contributed by atoms with Gasteiger partial charge in [-0.2, -0.15) is 0 Å². The average molecular weight is 825 g/mol. The molecule has 0 amide bonds. The molecule has 310 valence electrons. The van der Waals surface area contributed by atoms with Crippen molar-refractivity contribution >= 4 is 66.4 Å². The molecule has 2 aliphatic carbocycles. The smallest absolute Gasteiger partial charge is 0.0490 e. The molecule has 64 heavy (non-hydrogen) atoms. The molecule has 0 fully saturated rings. The van der Waals surface area contributed by atoms with Crippen LogP contribution >= 0.6 is 0 Å². The Morgan fingerprint density at radius 3 is 0.984 bits per heavy atom. The summed E-state index contributed by atoms with van der Waals surface area (Å²) < 4.78 is 0. The van der Waals surface area contributed by atoms with Crippen LogP contribution in [-0.2, 0) is 10.8 Å². The zero-order valence-electron chi connectivity index (χ0n) is 38.1. The van der Waals surface area contributed by atoms with E-state index in [9.17, 15) is 0 Å². The molecule has 10 aromatic carbocycles. The number of rotatable bonds is 6. The number of hydrogen-bond donors (Lipinski definition) is 0. The summed E-state index contributed by atoms with van der Waals surface area (Å²) in [7, 11) is 0. The van der Waals surface area contributed by atoms with Crippen LogP contribution in [0.25, 0.3) is 54.6 Å². The van der Waals surface area contributed by atoms with Crippen molar-refractivity contribution in [3.05, 3.63) is 214 Å². The third-order valence-electron chi connectivity index (χ3n) is 15.0. The summed E-state index contributed by atoms with van der Waals surface area (Å²) in [6, 6.07) is 64.1. The lowest BCUT2D eigenvalue weighted by molar-refractivity contribution is 0.665. The molecule has 0 saturated carbocycles. The maximum atomic E-state index is 2.50. The van der Waals surface area contributed by atoms with E-state index in [4.69, 9.17) is 0 Å². The molecule has 0 unspecified atom stereocenters. The van der Waals surface area contributed by atoms with Crippen molar-refractivity contribution in [1.82, 2.24) is 0 Å². The molecule has 0 aromatic heterocycles. The highest BCUT2D eigenvalue weighted by molar-refractivity contribution is 6.27. The van der Waals surface area contributed by atoms with Crippen LogP contribution in [-0.4, -0.2) is 0 Å². The molecular weight excluding hydrogens is 773 g/mol. The number of hydrogen-bond acceptors (Lipinski definition) is 2. The van der Waals surface area contributed by atoms with Gasteiger partial charge in [-0.1, -0.05) is 137 Å². The van der Waals surface area contributed by atoms with E-state index in [1.807, 2.05) is 0 Å². The summed E-state index contributed by atoms with van der Waals surface area (Å²) in [6.07, 6.45) is 0.